The lowest BCUT2D eigenvalue weighted by Crippen LogP contribution is -2.53. The Bertz CT molecular complexity index is 892. The minimum absolute atomic E-state index is 0.479. The van der Waals surface area contributed by atoms with E-state index in [1.165, 1.54) is 56.9 Å². The topological polar surface area (TPSA) is 70.2 Å². The lowest BCUT2D eigenvalue weighted by atomic mass is 9.89. The highest BCUT2D eigenvalue weighted by molar-refractivity contribution is 5.30. The fourth-order valence-corrected chi connectivity index (χ4v) is 5.84. The summed E-state index contributed by atoms with van der Waals surface area (Å²) in [6, 6.07) is 16.7. The van der Waals surface area contributed by atoms with E-state index in [9.17, 15) is 0 Å². The van der Waals surface area contributed by atoms with E-state index in [0.29, 0.717) is 30.8 Å². The van der Waals surface area contributed by atoms with Crippen molar-refractivity contribution in [2.75, 3.05) is 13.1 Å². The van der Waals surface area contributed by atoms with Crippen LogP contribution in [0.25, 0.3) is 0 Å². The molecule has 2 aliphatic carbocycles. The van der Waals surface area contributed by atoms with Gasteiger partial charge >= 0.3 is 0 Å². The van der Waals surface area contributed by atoms with E-state index in [1.54, 1.807) is 0 Å². The van der Waals surface area contributed by atoms with E-state index in [2.05, 4.69) is 57.7 Å². The van der Waals surface area contributed by atoms with E-state index < -0.39 is 0 Å². The van der Waals surface area contributed by atoms with Gasteiger partial charge in [-0.1, -0.05) is 56.0 Å². The van der Waals surface area contributed by atoms with Gasteiger partial charge in [0, 0.05) is 50.3 Å². The summed E-state index contributed by atoms with van der Waals surface area (Å²) in [6.07, 6.45) is 10.2. The van der Waals surface area contributed by atoms with Crippen molar-refractivity contribution in [3.8, 4) is 5.75 Å². The van der Waals surface area contributed by atoms with Gasteiger partial charge in [-0.25, -0.2) is 0 Å². The molecule has 0 radical (unpaired) electrons. The zero-order valence-corrected chi connectivity index (χ0v) is 20.4. The Labute approximate surface area is 204 Å². The van der Waals surface area contributed by atoms with Crippen LogP contribution in [0.3, 0.4) is 0 Å². The molecule has 2 bridgehead atoms. The minimum atomic E-state index is 0.479. The van der Waals surface area contributed by atoms with E-state index >= 15 is 0 Å². The normalized spacial score (nSPS) is 28.6. The van der Waals surface area contributed by atoms with Gasteiger partial charge in [-0.05, 0) is 43.4 Å². The highest BCUT2D eigenvalue weighted by Crippen LogP contribution is 2.23. The standard InChI is InChI=1S/C28H41N5O/c1-2-8-21(9-3-1)20-34-28-15-14-22-18-31-25-12-6-4-10-23(25)29-16-17-30-24-11-5-7-13-26(24)32-19-27(28)33-22/h1-3,8-9,14-15,23-26,29-32H,4-7,10-13,16-20H2/t23-,24?,25-,26?/m1/s1. The molecule has 0 saturated heterocycles. The number of nitrogens with zero attached hydrogens (tertiary/aromatic N) is 1. The average molecular weight is 464 g/mol. The maximum absolute atomic E-state index is 6.27. The van der Waals surface area contributed by atoms with Crippen molar-refractivity contribution in [2.24, 2.45) is 0 Å². The number of hydrogen-bond acceptors (Lipinski definition) is 6. The molecule has 2 fully saturated rings. The Kier molecular flexibility index (Phi) is 8.46. The minimum Gasteiger partial charge on any atom is -0.487 e. The van der Waals surface area contributed by atoms with Crippen LogP contribution in [0.15, 0.2) is 42.5 Å². The predicted molar refractivity (Wildman–Crippen MR) is 137 cm³/mol. The number of rotatable bonds is 3. The van der Waals surface area contributed by atoms with Crippen molar-refractivity contribution in [1.29, 1.82) is 0 Å². The van der Waals surface area contributed by atoms with Gasteiger partial charge in [-0.15, -0.1) is 0 Å². The van der Waals surface area contributed by atoms with Crippen LogP contribution in [0.1, 0.15) is 68.3 Å². The lowest BCUT2D eigenvalue weighted by Gasteiger charge is -2.34. The fraction of sp³-hybridized carbons (Fsp3) is 0.607. The number of aromatic nitrogens is 1. The van der Waals surface area contributed by atoms with Crippen LogP contribution in [0.5, 0.6) is 5.75 Å². The first kappa shape index (κ1) is 23.7. The van der Waals surface area contributed by atoms with E-state index in [4.69, 9.17) is 9.72 Å². The molecule has 6 heteroatoms. The second-order valence-electron chi connectivity index (χ2n) is 10.2. The van der Waals surface area contributed by atoms with Gasteiger partial charge in [0.2, 0.25) is 0 Å². The van der Waals surface area contributed by atoms with Crippen LogP contribution >= 0.6 is 0 Å². The highest BCUT2D eigenvalue weighted by Gasteiger charge is 2.27. The largest absolute Gasteiger partial charge is 0.487 e. The molecule has 2 saturated carbocycles. The molecule has 3 aliphatic rings. The molecule has 4 atom stereocenters. The number of benzene rings is 1. The van der Waals surface area contributed by atoms with Gasteiger partial charge in [-0.2, -0.15) is 0 Å². The van der Waals surface area contributed by atoms with Crippen LogP contribution in [-0.2, 0) is 19.7 Å². The Balaban J connectivity index is 1.34. The summed E-state index contributed by atoms with van der Waals surface area (Å²) in [5, 5.41) is 15.4. The SMILES string of the molecule is c1ccc(COc2ccc3nc2CNC2CCCCC2NCCN[C@@H]2CCCC[C@H]2NC3)cc1. The number of ether oxygens (including phenoxy) is 1. The Hall–Kier alpha value is -1.99. The summed E-state index contributed by atoms with van der Waals surface area (Å²) in [7, 11) is 0. The van der Waals surface area contributed by atoms with Crippen molar-refractivity contribution in [3.05, 3.63) is 59.4 Å². The predicted octanol–water partition coefficient (Wildman–Crippen LogP) is 3.66. The molecule has 4 N–H and O–H groups in total. The average Bonchev–Trinajstić information content (AvgIpc) is 2.89. The number of hydrogen-bond donors (Lipinski definition) is 4. The Morgan fingerprint density at radius 1 is 0.676 bits per heavy atom. The molecule has 5 rings (SSSR count). The first-order valence-corrected chi connectivity index (χ1v) is 13.4. The first-order valence-electron chi connectivity index (χ1n) is 13.4. The summed E-state index contributed by atoms with van der Waals surface area (Å²) in [6.45, 7) is 4.18. The van der Waals surface area contributed by atoms with Gasteiger partial charge < -0.3 is 26.0 Å². The summed E-state index contributed by atoms with van der Waals surface area (Å²) in [5.74, 6) is 0.891. The van der Waals surface area contributed by atoms with Crippen LogP contribution in [0.4, 0.5) is 0 Å². The van der Waals surface area contributed by atoms with Crippen LogP contribution in [0.2, 0.25) is 0 Å². The molecule has 0 amide bonds. The smallest absolute Gasteiger partial charge is 0.142 e. The molecule has 6 nitrogen and oxygen atoms in total. The summed E-state index contributed by atoms with van der Waals surface area (Å²) in [4.78, 5) is 5.08. The summed E-state index contributed by atoms with van der Waals surface area (Å²) < 4.78 is 6.27. The van der Waals surface area contributed by atoms with Crippen LogP contribution in [-0.4, -0.2) is 42.2 Å². The third-order valence-corrected chi connectivity index (χ3v) is 7.77. The molecule has 2 aromatic rings. The molecule has 2 unspecified atom stereocenters. The third kappa shape index (κ3) is 6.36. The zero-order valence-electron chi connectivity index (χ0n) is 20.4. The molecule has 1 aromatic carbocycles. The zero-order chi connectivity index (χ0) is 23.0. The molecular weight excluding hydrogens is 422 g/mol. The molecule has 1 aromatic heterocycles. The van der Waals surface area contributed by atoms with Crippen molar-refractivity contribution >= 4 is 0 Å². The Morgan fingerprint density at radius 3 is 1.91 bits per heavy atom. The van der Waals surface area contributed by atoms with E-state index in [0.717, 1.165) is 43.3 Å². The van der Waals surface area contributed by atoms with E-state index in [1.807, 2.05) is 6.07 Å². The molecule has 184 valence electrons. The van der Waals surface area contributed by atoms with Gasteiger partial charge in [-0.3, -0.25) is 4.98 Å². The molecule has 2 heterocycles. The van der Waals surface area contributed by atoms with Gasteiger partial charge in [0.25, 0.3) is 0 Å². The molecule has 34 heavy (non-hydrogen) atoms. The monoisotopic (exact) mass is 463 g/mol. The highest BCUT2D eigenvalue weighted by atomic mass is 16.5. The maximum atomic E-state index is 6.27. The summed E-state index contributed by atoms with van der Waals surface area (Å²) in [5.41, 5.74) is 3.30. The second kappa shape index (κ2) is 12.1. The molecule has 0 spiro atoms. The van der Waals surface area contributed by atoms with Crippen molar-refractivity contribution in [2.45, 2.75) is 95.2 Å². The van der Waals surface area contributed by atoms with Crippen LogP contribution < -0.4 is 26.0 Å². The quantitative estimate of drug-likeness (QED) is 0.557. The number of nitrogens with one attached hydrogen (secondary N) is 4. The van der Waals surface area contributed by atoms with Gasteiger partial charge in [0.05, 0.1) is 11.4 Å². The third-order valence-electron chi connectivity index (χ3n) is 7.77. The fourth-order valence-electron chi connectivity index (χ4n) is 5.84. The van der Waals surface area contributed by atoms with Crippen molar-refractivity contribution in [3.63, 3.8) is 0 Å². The lowest BCUT2D eigenvalue weighted by molar-refractivity contribution is 0.264. The number of pyridine rings is 1. The van der Waals surface area contributed by atoms with Crippen molar-refractivity contribution < 1.29 is 4.74 Å². The Morgan fingerprint density at radius 2 is 1.26 bits per heavy atom. The first-order chi connectivity index (χ1) is 16.8. The van der Waals surface area contributed by atoms with Crippen LogP contribution in [0, 0.1) is 0 Å². The molecule has 1 aliphatic heterocycles. The van der Waals surface area contributed by atoms with Gasteiger partial charge in [0.15, 0.2) is 0 Å². The van der Waals surface area contributed by atoms with E-state index in [-0.39, 0.29) is 0 Å². The summed E-state index contributed by atoms with van der Waals surface area (Å²) >= 11 is 0. The second-order valence-corrected chi connectivity index (χ2v) is 10.2. The molecular formula is C28H41N5O. The van der Waals surface area contributed by atoms with Gasteiger partial charge in [0.1, 0.15) is 12.4 Å². The van der Waals surface area contributed by atoms with Crippen molar-refractivity contribution in [1.82, 2.24) is 26.3 Å². The maximum Gasteiger partial charge on any atom is 0.142 e. The number of fused-ring (bicyclic) bond motifs is 4.